The molecule has 0 radical (unpaired) electrons. The first-order valence-electron chi connectivity index (χ1n) is 17.6. The van der Waals surface area contributed by atoms with Crippen LogP contribution >= 0.6 is 0 Å². The van der Waals surface area contributed by atoms with Gasteiger partial charge in [0.15, 0.2) is 5.84 Å². The number of fused-ring (bicyclic) bond motifs is 3. The molecule has 0 spiro atoms. The molecule has 8 aromatic rings. The predicted octanol–water partition coefficient (Wildman–Crippen LogP) is 12.2. The number of nitrogens with zero attached hydrogens (tertiary/aromatic N) is 3. The number of rotatable bonds is 6. The molecule has 0 saturated heterocycles. The van der Waals surface area contributed by atoms with Gasteiger partial charge >= 0.3 is 0 Å². The summed E-state index contributed by atoms with van der Waals surface area (Å²) in [5.41, 5.74) is 13.3. The van der Waals surface area contributed by atoms with Gasteiger partial charge in [-0.15, -0.1) is 0 Å². The standard InChI is InChI=1S/C48H35N3/c1-4-17-34(18-5-1)44-28-16-29-45(35-19-6-2-7-20-35)50-48(49-44)42-27-13-12-25-40(42)39-24-11-10-23-38(39)36-31-32-47-43(33-36)41-26-14-15-30-46(41)51(47)37-21-8-3-9-22-37/h1-15,17-28,30-33H,16,29H2/b44-28-,49-48?,50-45?. The third-order valence-corrected chi connectivity index (χ3v) is 9.75. The second-order valence-electron chi connectivity index (χ2n) is 12.9. The lowest BCUT2D eigenvalue weighted by molar-refractivity contribution is 1.08. The number of allylic oxidation sites excluding steroid dienone is 1. The zero-order chi connectivity index (χ0) is 34.0. The van der Waals surface area contributed by atoms with Crippen molar-refractivity contribution in [2.24, 2.45) is 9.98 Å². The minimum absolute atomic E-state index is 0.718. The average Bonchev–Trinajstić information content (AvgIpc) is 3.53. The van der Waals surface area contributed by atoms with Crippen molar-refractivity contribution >= 4 is 39.1 Å². The summed E-state index contributed by atoms with van der Waals surface area (Å²) in [5.74, 6) is 0.718. The highest BCUT2D eigenvalue weighted by molar-refractivity contribution is 6.17. The van der Waals surface area contributed by atoms with Crippen molar-refractivity contribution < 1.29 is 0 Å². The van der Waals surface area contributed by atoms with Crippen LogP contribution in [-0.2, 0) is 0 Å². The molecule has 0 aliphatic carbocycles. The van der Waals surface area contributed by atoms with Gasteiger partial charge in [0, 0.05) is 22.0 Å². The number of aliphatic imine (C=N–C) groups is 2. The number of para-hydroxylation sites is 2. The van der Waals surface area contributed by atoms with Gasteiger partial charge in [-0.2, -0.15) is 0 Å². The molecule has 2 heterocycles. The van der Waals surface area contributed by atoms with E-state index in [1.165, 1.54) is 32.9 Å². The number of hydrogen-bond acceptors (Lipinski definition) is 2. The van der Waals surface area contributed by atoms with Crippen LogP contribution in [-0.4, -0.2) is 16.1 Å². The summed E-state index contributed by atoms with van der Waals surface area (Å²) in [6.45, 7) is 0. The van der Waals surface area contributed by atoms with Crippen molar-refractivity contribution in [3.63, 3.8) is 0 Å². The lowest BCUT2D eigenvalue weighted by Gasteiger charge is -2.17. The Hall–Kier alpha value is -6.58. The second kappa shape index (κ2) is 13.4. The first-order valence-corrected chi connectivity index (χ1v) is 17.6. The van der Waals surface area contributed by atoms with Crippen LogP contribution in [0.15, 0.2) is 198 Å². The van der Waals surface area contributed by atoms with E-state index >= 15 is 0 Å². The molecule has 0 unspecified atom stereocenters. The van der Waals surface area contributed by atoms with E-state index in [2.05, 4.69) is 187 Å². The molecule has 0 bridgehead atoms. The third-order valence-electron chi connectivity index (χ3n) is 9.75. The fourth-order valence-electron chi connectivity index (χ4n) is 7.34. The molecule has 3 heteroatoms. The van der Waals surface area contributed by atoms with Gasteiger partial charge in [-0.25, -0.2) is 9.98 Å². The fourth-order valence-corrected chi connectivity index (χ4v) is 7.34. The molecule has 1 aliphatic heterocycles. The number of amidine groups is 1. The summed E-state index contributed by atoms with van der Waals surface area (Å²) in [4.78, 5) is 10.7. The number of benzene rings is 7. The Morgan fingerprint density at radius 3 is 1.73 bits per heavy atom. The molecule has 1 aliphatic rings. The van der Waals surface area contributed by atoms with Gasteiger partial charge in [0.1, 0.15) is 0 Å². The summed E-state index contributed by atoms with van der Waals surface area (Å²) in [7, 11) is 0. The van der Waals surface area contributed by atoms with Crippen LogP contribution in [0.5, 0.6) is 0 Å². The zero-order valence-electron chi connectivity index (χ0n) is 28.2. The first kappa shape index (κ1) is 30.5. The number of hydrogen-bond donors (Lipinski definition) is 0. The molecular formula is C48H35N3. The smallest absolute Gasteiger partial charge is 0.160 e. The van der Waals surface area contributed by atoms with E-state index in [4.69, 9.17) is 9.98 Å². The van der Waals surface area contributed by atoms with Crippen molar-refractivity contribution in [2.45, 2.75) is 12.8 Å². The maximum absolute atomic E-state index is 5.37. The Bertz CT molecular complexity index is 2610. The molecule has 3 nitrogen and oxygen atoms in total. The van der Waals surface area contributed by atoms with E-state index in [9.17, 15) is 0 Å². The monoisotopic (exact) mass is 653 g/mol. The van der Waals surface area contributed by atoms with Crippen molar-refractivity contribution in [2.75, 3.05) is 0 Å². The summed E-state index contributed by atoms with van der Waals surface area (Å²) in [6, 6.07) is 64.5. The van der Waals surface area contributed by atoms with Crippen LogP contribution in [0.4, 0.5) is 0 Å². The summed E-state index contributed by atoms with van der Waals surface area (Å²) < 4.78 is 2.36. The molecule has 7 aromatic carbocycles. The summed E-state index contributed by atoms with van der Waals surface area (Å²) >= 11 is 0. The summed E-state index contributed by atoms with van der Waals surface area (Å²) in [5, 5.41) is 2.47. The lowest BCUT2D eigenvalue weighted by Crippen LogP contribution is -2.10. The highest BCUT2D eigenvalue weighted by Crippen LogP contribution is 2.39. The molecule has 9 rings (SSSR count). The van der Waals surface area contributed by atoms with Gasteiger partial charge in [0.05, 0.1) is 22.4 Å². The normalized spacial score (nSPS) is 14.3. The van der Waals surface area contributed by atoms with Gasteiger partial charge < -0.3 is 4.57 Å². The molecule has 0 fully saturated rings. The maximum Gasteiger partial charge on any atom is 0.160 e. The van der Waals surface area contributed by atoms with E-state index in [0.29, 0.717) is 0 Å². The van der Waals surface area contributed by atoms with Gasteiger partial charge in [0.25, 0.3) is 0 Å². The third kappa shape index (κ3) is 5.79. The quantitative estimate of drug-likeness (QED) is 0.171. The van der Waals surface area contributed by atoms with Crippen LogP contribution in [0, 0.1) is 0 Å². The first-order chi connectivity index (χ1) is 25.3. The summed E-state index contributed by atoms with van der Waals surface area (Å²) in [6.07, 6.45) is 3.95. The molecule has 51 heavy (non-hydrogen) atoms. The topological polar surface area (TPSA) is 29.6 Å². The highest BCUT2D eigenvalue weighted by Gasteiger charge is 2.19. The maximum atomic E-state index is 5.37. The molecule has 1 aromatic heterocycles. The Balaban J connectivity index is 1.22. The van der Waals surface area contributed by atoms with Gasteiger partial charge in [-0.05, 0) is 76.6 Å². The molecule has 0 N–H and O–H groups in total. The fraction of sp³-hybridized carbons (Fsp3) is 0.0417. The predicted molar refractivity (Wildman–Crippen MR) is 215 cm³/mol. The second-order valence-corrected chi connectivity index (χ2v) is 12.9. The van der Waals surface area contributed by atoms with Gasteiger partial charge in [-0.3, -0.25) is 0 Å². The Morgan fingerprint density at radius 2 is 0.980 bits per heavy atom. The molecule has 0 amide bonds. The highest BCUT2D eigenvalue weighted by atomic mass is 15.0. The lowest BCUT2D eigenvalue weighted by atomic mass is 9.90. The van der Waals surface area contributed by atoms with Crippen molar-refractivity contribution in [3.05, 3.63) is 205 Å². The van der Waals surface area contributed by atoms with E-state index in [0.717, 1.165) is 63.6 Å². The van der Waals surface area contributed by atoms with Gasteiger partial charge in [-0.1, -0.05) is 158 Å². The van der Waals surface area contributed by atoms with Crippen molar-refractivity contribution in [3.8, 4) is 27.9 Å². The van der Waals surface area contributed by atoms with Crippen LogP contribution in [0.1, 0.15) is 29.5 Å². The Labute approximate surface area is 298 Å². The van der Waals surface area contributed by atoms with E-state index in [1.54, 1.807) is 0 Å². The SMILES string of the molecule is C1=C(/c2ccccc2)N=C(c2ccccc2-c2ccccc2-c2ccc3c(c2)c2ccccc2n3-c2ccccc2)N=C(c2ccccc2)CC/1. The van der Waals surface area contributed by atoms with Gasteiger partial charge in [0.2, 0.25) is 0 Å². The molecular weight excluding hydrogens is 619 g/mol. The minimum Gasteiger partial charge on any atom is -0.309 e. The molecule has 0 atom stereocenters. The molecule has 0 saturated carbocycles. The van der Waals surface area contributed by atoms with Crippen LogP contribution in [0.25, 0.3) is 55.4 Å². The van der Waals surface area contributed by atoms with Crippen LogP contribution in [0.2, 0.25) is 0 Å². The van der Waals surface area contributed by atoms with E-state index in [-0.39, 0.29) is 0 Å². The average molecular weight is 654 g/mol. The van der Waals surface area contributed by atoms with E-state index < -0.39 is 0 Å². The Kier molecular flexibility index (Phi) is 7.99. The van der Waals surface area contributed by atoms with Crippen LogP contribution < -0.4 is 0 Å². The molecule has 242 valence electrons. The largest absolute Gasteiger partial charge is 0.309 e. The van der Waals surface area contributed by atoms with Crippen molar-refractivity contribution in [1.29, 1.82) is 0 Å². The van der Waals surface area contributed by atoms with Crippen molar-refractivity contribution in [1.82, 2.24) is 4.57 Å². The number of aromatic nitrogens is 1. The van der Waals surface area contributed by atoms with Crippen LogP contribution in [0.3, 0.4) is 0 Å². The minimum atomic E-state index is 0.718. The van der Waals surface area contributed by atoms with E-state index in [1.807, 2.05) is 6.07 Å². The Morgan fingerprint density at radius 1 is 0.412 bits per heavy atom. The zero-order valence-corrected chi connectivity index (χ0v) is 28.2.